The van der Waals surface area contributed by atoms with E-state index < -0.39 is 0 Å². The Hall–Kier alpha value is -3.65. The van der Waals surface area contributed by atoms with Crippen LogP contribution in [-0.2, 0) is 6.42 Å². The average molecular weight is 362 g/mol. The Morgan fingerprint density at radius 1 is 0.643 bits per heavy atom. The van der Waals surface area contributed by atoms with Gasteiger partial charge in [-0.2, -0.15) is 0 Å². The van der Waals surface area contributed by atoms with Crippen molar-refractivity contribution >= 4 is 5.97 Å². The summed E-state index contributed by atoms with van der Waals surface area (Å²) in [6.45, 7) is 0. The Kier molecular flexibility index (Phi) is 4.02. The minimum absolute atomic E-state index is 0.310. The van der Waals surface area contributed by atoms with Crippen LogP contribution in [0, 0.1) is 0 Å². The van der Waals surface area contributed by atoms with Gasteiger partial charge in [-0.15, -0.1) is 0 Å². The van der Waals surface area contributed by atoms with Crippen molar-refractivity contribution in [3.63, 3.8) is 0 Å². The molecule has 0 radical (unpaired) electrons. The Morgan fingerprint density at radius 3 is 2.07 bits per heavy atom. The number of benzene rings is 4. The van der Waals surface area contributed by atoms with Gasteiger partial charge in [0.15, 0.2) is 0 Å². The molecule has 134 valence electrons. The molecule has 0 atom stereocenters. The number of fused-ring (bicyclic) bond motifs is 3. The van der Waals surface area contributed by atoms with Gasteiger partial charge in [-0.05, 0) is 51.9 Å². The normalized spacial score (nSPS) is 11.6. The molecule has 0 bridgehead atoms. The maximum Gasteiger partial charge on any atom is 0.344 e. The van der Waals surface area contributed by atoms with Crippen molar-refractivity contribution in [2.75, 3.05) is 0 Å². The lowest BCUT2D eigenvalue weighted by atomic mass is 9.92. The van der Waals surface area contributed by atoms with Gasteiger partial charge in [0.25, 0.3) is 0 Å². The minimum atomic E-state index is -0.310. The van der Waals surface area contributed by atoms with Crippen molar-refractivity contribution in [2.45, 2.75) is 6.42 Å². The molecule has 0 unspecified atom stereocenters. The van der Waals surface area contributed by atoms with Gasteiger partial charge in [-0.25, -0.2) is 4.79 Å². The lowest BCUT2D eigenvalue weighted by Gasteiger charge is -2.14. The fraction of sp³-hybridized carbons (Fsp3) is 0.0385. The first kappa shape index (κ1) is 16.5. The number of rotatable bonds is 3. The molecule has 0 fully saturated rings. The zero-order valence-corrected chi connectivity index (χ0v) is 15.3. The molecule has 1 aliphatic carbocycles. The van der Waals surface area contributed by atoms with E-state index in [1.807, 2.05) is 66.7 Å². The van der Waals surface area contributed by atoms with E-state index in [-0.39, 0.29) is 5.97 Å². The van der Waals surface area contributed by atoms with Gasteiger partial charge in [-0.3, -0.25) is 0 Å². The number of para-hydroxylation sites is 1. The highest BCUT2D eigenvalue weighted by Crippen LogP contribution is 2.42. The fourth-order valence-electron chi connectivity index (χ4n) is 3.95. The number of hydrogen-bond donors (Lipinski definition) is 0. The zero-order chi connectivity index (χ0) is 18.9. The van der Waals surface area contributed by atoms with E-state index in [1.54, 1.807) is 12.1 Å². The maximum atomic E-state index is 13.3. The summed E-state index contributed by atoms with van der Waals surface area (Å²) in [5, 5.41) is 0. The summed E-state index contributed by atoms with van der Waals surface area (Å²) < 4.78 is 5.75. The zero-order valence-electron chi connectivity index (χ0n) is 15.3. The minimum Gasteiger partial charge on any atom is -0.423 e. The molecule has 0 heterocycles. The van der Waals surface area contributed by atoms with Crippen molar-refractivity contribution < 1.29 is 9.53 Å². The molecular formula is C26H18O2. The average Bonchev–Trinajstić information content (AvgIpc) is 3.13. The van der Waals surface area contributed by atoms with Crippen LogP contribution in [-0.4, -0.2) is 5.97 Å². The van der Waals surface area contributed by atoms with Crippen molar-refractivity contribution in [1.29, 1.82) is 0 Å². The van der Waals surface area contributed by atoms with E-state index in [9.17, 15) is 4.79 Å². The molecule has 2 heteroatoms. The van der Waals surface area contributed by atoms with Gasteiger partial charge in [0.05, 0.1) is 5.56 Å². The van der Waals surface area contributed by atoms with Crippen LogP contribution in [0.15, 0.2) is 97.1 Å². The first-order valence-electron chi connectivity index (χ1n) is 9.38. The third-order valence-electron chi connectivity index (χ3n) is 5.23. The van der Waals surface area contributed by atoms with Crippen LogP contribution in [0.4, 0.5) is 0 Å². The quantitative estimate of drug-likeness (QED) is 0.284. The van der Waals surface area contributed by atoms with E-state index in [1.165, 1.54) is 11.1 Å². The van der Waals surface area contributed by atoms with Gasteiger partial charge < -0.3 is 4.74 Å². The van der Waals surface area contributed by atoms with Gasteiger partial charge >= 0.3 is 5.97 Å². The number of carbonyl (C=O) groups excluding carboxylic acids is 1. The Balaban J connectivity index is 1.68. The van der Waals surface area contributed by atoms with Gasteiger partial charge in [0, 0.05) is 0 Å². The van der Waals surface area contributed by atoms with Crippen LogP contribution >= 0.6 is 0 Å². The first-order valence-corrected chi connectivity index (χ1v) is 9.38. The van der Waals surface area contributed by atoms with Crippen LogP contribution in [0.25, 0.3) is 22.3 Å². The molecule has 0 spiro atoms. The lowest BCUT2D eigenvalue weighted by Crippen LogP contribution is -2.13. The van der Waals surface area contributed by atoms with Gasteiger partial charge in [-0.1, -0.05) is 84.9 Å². The largest absolute Gasteiger partial charge is 0.423 e. The molecule has 4 aromatic rings. The predicted octanol–water partition coefficient (Wildman–Crippen LogP) is 6.14. The predicted molar refractivity (Wildman–Crippen MR) is 112 cm³/mol. The Labute approximate surface area is 164 Å². The van der Waals surface area contributed by atoms with Crippen LogP contribution in [0.5, 0.6) is 5.75 Å². The van der Waals surface area contributed by atoms with E-state index in [2.05, 4.69) is 18.2 Å². The number of esters is 1. The van der Waals surface area contributed by atoms with Crippen LogP contribution < -0.4 is 4.74 Å². The molecule has 0 amide bonds. The van der Waals surface area contributed by atoms with E-state index in [0.29, 0.717) is 11.3 Å². The molecule has 0 saturated carbocycles. The van der Waals surface area contributed by atoms with Crippen LogP contribution in [0.1, 0.15) is 21.5 Å². The summed E-state index contributed by atoms with van der Waals surface area (Å²) in [5.41, 5.74) is 7.19. The number of carbonyl (C=O) groups is 1. The second-order valence-corrected chi connectivity index (χ2v) is 6.92. The number of ether oxygens (including phenoxy) is 1. The third kappa shape index (κ3) is 2.80. The summed E-state index contributed by atoms with van der Waals surface area (Å²) in [6, 6.07) is 31.8. The third-order valence-corrected chi connectivity index (χ3v) is 5.23. The van der Waals surface area contributed by atoms with Crippen LogP contribution in [0.3, 0.4) is 0 Å². The van der Waals surface area contributed by atoms with Crippen molar-refractivity contribution in [1.82, 2.24) is 0 Å². The molecule has 0 N–H and O–H groups in total. The number of hydrogen-bond acceptors (Lipinski definition) is 2. The van der Waals surface area contributed by atoms with E-state index in [4.69, 9.17) is 4.74 Å². The Morgan fingerprint density at radius 2 is 1.29 bits per heavy atom. The van der Waals surface area contributed by atoms with Crippen molar-refractivity contribution in [2.24, 2.45) is 0 Å². The van der Waals surface area contributed by atoms with E-state index in [0.717, 1.165) is 28.7 Å². The van der Waals surface area contributed by atoms with Gasteiger partial charge in [0.1, 0.15) is 5.75 Å². The lowest BCUT2D eigenvalue weighted by molar-refractivity contribution is 0.0734. The highest BCUT2D eigenvalue weighted by molar-refractivity contribution is 6.03. The summed E-state index contributed by atoms with van der Waals surface area (Å²) in [7, 11) is 0. The van der Waals surface area contributed by atoms with Gasteiger partial charge in [0.2, 0.25) is 0 Å². The summed E-state index contributed by atoms with van der Waals surface area (Å²) in [4.78, 5) is 13.3. The van der Waals surface area contributed by atoms with Crippen molar-refractivity contribution in [3.8, 4) is 28.0 Å². The van der Waals surface area contributed by atoms with Crippen molar-refractivity contribution in [3.05, 3.63) is 114 Å². The monoisotopic (exact) mass is 362 g/mol. The molecule has 2 nitrogen and oxygen atoms in total. The molecule has 0 aliphatic heterocycles. The highest BCUT2D eigenvalue weighted by atomic mass is 16.5. The highest BCUT2D eigenvalue weighted by Gasteiger charge is 2.27. The molecule has 1 aliphatic rings. The second-order valence-electron chi connectivity index (χ2n) is 6.92. The van der Waals surface area contributed by atoms with Crippen LogP contribution in [0.2, 0.25) is 0 Å². The summed E-state index contributed by atoms with van der Waals surface area (Å²) in [6.07, 6.45) is 0.741. The first-order chi connectivity index (χ1) is 13.8. The Bertz CT molecular complexity index is 1160. The molecule has 0 saturated heterocycles. The molecule has 0 aromatic heterocycles. The molecule has 5 rings (SSSR count). The summed E-state index contributed by atoms with van der Waals surface area (Å²) >= 11 is 0. The summed E-state index contributed by atoms with van der Waals surface area (Å²) in [5.74, 6) is 0.245. The SMILES string of the molecule is O=C(Oc1ccccc1)c1c(-c2ccccc2)ccc2c1Cc1ccccc1-2. The maximum absolute atomic E-state index is 13.3. The molecule has 4 aromatic carbocycles. The topological polar surface area (TPSA) is 26.3 Å². The molecular weight excluding hydrogens is 344 g/mol. The molecule has 28 heavy (non-hydrogen) atoms. The van der Waals surface area contributed by atoms with E-state index >= 15 is 0 Å². The standard InChI is InChI=1S/C26H18O2/c27-26(28-20-12-5-2-6-13-20)25-22(18-9-3-1-4-10-18)15-16-23-21-14-8-7-11-19(21)17-24(23)25/h1-16H,17H2. The second kappa shape index (κ2) is 6.82. The smallest absolute Gasteiger partial charge is 0.344 e. The fourth-order valence-corrected chi connectivity index (χ4v) is 3.95.